The molecule has 10 nitrogen and oxygen atoms in total. The van der Waals surface area contributed by atoms with E-state index in [9.17, 15) is 18.0 Å². The molecule has 41 heavy (non-hydrogen) atoms. The highest BCUT2D eigenvalue weighted by atomic mass is 32.2. The molecule has 0 saturated carbocycles. The molecule has 1 aromatic heterocycles. The van der Waals surface area contributed by atoms with Gasteiger partial charge in [0.15, 0.2) is 0 Å². The monoisotopic (exact) mass is 576 g/mol. The first-order chi connectivity index (χ1) is 19.4. The van der Waals surface area contributed by atoms with Crippen LogP contribution in [0, 0.1) is 0 Å². The highest BCUT2D eigenvalue weighted by molar-refractivity contribution is 7.90. The van der Waals surface area contributed by atoms with Gasteiger partial charge in [-0.05, 0) is 64.7 Å². The van der Waals surface area contributed by atoms with Crippen molar-refractivity contribution in [3.63, 3.8) is 0 Å². The third kappa shape index (κ3) is 4.42. The quantitative estimate of drug-likeness (QED) is 0.485. The van der Waals surface area contributed by atoms with Gasteiger partial charge in [-0.1, -0.05) is 18.7 Å². The van der Waals surface area contributed by atoms with E-state index < -0.39 is 20.8 Å². The molecular weight excluding hydrogens is 540 g/mol. The summed E-state index contributed by atoms with van der Waals surface area (Å²) < 4.78 is 28.5. The van der Waals surface area contributed by atoms with Gasteiger partial charge in [0.1, 0.15) is 6.04 Å². The Morgan fingerprint density at radius 3 is 2.49 bits per heavy atom. The second-order valence-electron chi connectivity index (χ2n) is 12.1. The fourth-order valence-corrected chi connectivity index (χ4v) is 7.64. The van der Waals surface area contributed by atoms with Crippen LogP contribution < -0.4 is 15.1 Å². The number of piperidine rings is 2. The summed E-state index contributed by atoms with van der Waals surface area (Å²) in [7, 11) is -1.38. The van der Waals surface area contributed by atoms with Crippen LogP contribution in [0.2, 0.25) is 0 Å². The smallest absolute Gasteiger partial charge is 0.259 e. The zero-order chi connectivity index (χ0) is 29.3. The van der Waals surface area contributed by atoms with Crippen LogP contribution in [0.5, 0.6) is 0 Å². The SMILES string of the molecule is C=C1CCC(N2C(=O)c3cccc4c(N(C)c5cnn(C6CCN(S(=O)(=O)C(C)(C)C)CC6)c5)ccc2c34)C(=O)N1. The number of sulfonamides is 1. The summed E-state index contributed by atoms with van der Waals surface area (Å²) in [5.41, 5.74) is 3.84. The molecule has 1 unspecified atom stereocenters. The Kier molecular flexibility index (Phi) is 6.50. The number of allylic oxidation sites excluding steroid dienone is 1. The van der Waals surface area contributed by atoms with E-state index in [2.05, 4.69) is 21.9 Å². The minimum absolute atomic E-state index is 0.111. The number of carbonyl (C=O) groups is 2. The number of anilines is 3. The van der Waals surface area contributed by atoms with Crippen molar-refractivity contribution < 1.29 is 18.0 Å². The number of rotatable bonds is 5. The molecule has 1 atom stereocenters. The maximum Gasteiger partial charge on any atom is 0.259 e. The van der Waals surface area contributed by atoms with E-state index in [1.807, 2.05) is 54.5 Å². The Labute approximate surface area is 240 Å². The van der Waals surface area contributed by atoms with Gasteiger partial charge in [-0.3, -0.25) is 19.2 Å². The van der Waals surface area contributed by atoms with E-state index in [1.54, 1.807) is 30.0 Å². The summed E-state index contributed by atoms with van der Waals surface area (Å²) in [6, 6.07) is 9.15. The molecule has 4 heterocycles. The molecular formula is C30H36N6O4S. The standard InChI is InChI=1S/C30H36N6O4S/c1-19-9-10-26(28(37)32-19)36-25-12-11-24(22-7-6-8-23(27(22)25)29(36)38)33(5)21-17-31-35(18-21)20-13-15-34(16-14-20)41(39,40)30(2,3)4/h6-8,11-12,17-18,20,26H,1,9-10,13-16H2,2-5H3,(H,32,37). The predicted octanol–water partition coefficient (Wildman–Crippen LogP) is 4.32. The minimum atomic E-state index is -3.35. The first-order valence-corrected chi connectivity index (χ1v) is 15.5. The van der Waals surface area contributed by atoms with E-state index in [1.165, 1.54) is 0 Å². The molecule has 3 aliphatic rings. The van der Waals surface area contributed by atoms with Crippen LogP contribution in [0.1, 0.15) is 62.9 Å². The highest BCUT2D eigenvalue weighted by Gasteiger charge is 2.40. The van der Waals surface area contributed by atoms with Crippen molar-refractivity contribution in [2.45, 2.75) is 63.3 Å². The lowest BCUT2D eigenvalue weighted by Gasteiger charge is -2.35. The Morgan fingerprint density at radius 2 is 1.80 bits per heavy atom. The van der Waals surface area contributed by atoms with E-state index in [-0.39, 0.29) is 17.9 Å². The zero-order valence-corrected chi connectivity index (χ0v) is 24.7. The number of benzene rings is 2. The molecule has 0 spiro atoms. The molecule has 3 aliphatic heterocycles. The van der Waals surface area contributed by atoms with Gasteiger partial charge in [0.2, 0.25) is 15.9 Å². The van der Waals surface area contributed by atoms with Crippen LogP contribution >= 0.6 is 0 Å². The topological polar surface area (TPSA) is 108 Å². The lowest BCUT2D eigenvalue weighted by molar-refractivity contribution is -0.122. The maximum atomic E-state index is 13.5. The summed E-state index contributed by atoms with van der Waals surface area (Å²) in [5, 5.41) is 9.22. The van der Waals surface area contributed by atoms with Crippen LogP contribution in [-0.4, -0.2) is 65.2 Å². The van der Waals surface area contributed by atoms with Gasteiger partial charge in [0.25, 0.3) is 5.91 Å². The van der Waals surface area contributed by atoms with Crippen molar-refractivity contribution in [3.05, 3.63) is 60.6 Å². The second-order valence-corrected chi connectivity index (χ2v) is 14.8. The Morgan fingerprint density at radius 1 is 1.07 bits per heavy atom. The fourth-order valence-electron chi connectivity index (χ4n) is 6.18. The summed E-state index contributed by atoms with van der Waals surface area (Å²) in [5.74, 6) is -0.364. The Balaban J connectivity index is 1.25. The first kappa shape index (κ1) is 27.5. The number of nitrogens with zero attached hydrogens (tertiary/aromatic N) is 5. The van der Waals surface area contributed by atoms with Crippen molar-refractivity contribution >= 4 is 49.7 Å². The number of nitrogens with one attached hydrogen (secondary N) is 1. The third-order valence-electron chi connectivity index (χ3n) is 8.59. The molecule has 2 fully saturated rings. The molecule has 3 aromatic rings. The Hall–Kier alpha value is -3.70. The van der Waals surface area contributed by atoms with Crippen molar-refractivity contribution in [2.75, 3.05) is 29.9 Å². The van der Waals surface area contributed by atoms with E-state index >= 15 is 0 Å². The number of hydrogen-bond donors (Lipinski definition) is 1. The molecule has 0 aliphatic carbocycles. The summed E-state index contributed by atoms with van der Waals surface area (Å²) in [6.07, 6.45) is 6.38. The lowest BCUT2D eigenvalue weighted by atomic mass is 10.0. The van der Waals surface area contributed by atoms with Crippen LogP contribution in [-0.2, 0) is 14.8 Å². The third-order valence-corrected chi connectivity index (χ3v) is 11.2. The predicted molar refractivity (Wildman–Crippen MR) is 160 cm³/mol. The van der Waals surface area contributed by atoms with Gasteiger partial charge in [0.05, 0.1) is 28.4 Å². The number of carbonyl (C=O) groups excluding carboxylic acids is 2. The Bertz CT molecular complexity index is 1680. The van der Waals surface area contributed by atoms with Gasteiger partial charge >= 0.3 is 0 Å². The largest absolute Gasteiger partial charge is 0.342 e. The lowest BCUT2D eigenvalue weighted by Crippen LogP contribution is -2.51. The molecule has 11 heteroatoms. The summed E-state index contributed by atoms with van der Waals surface area (Å²) >= 11 is 0. The molecule has 2 amide bonds. The van der Waals surface area contributed by atoms with Crippen molar-refractivity contribution in [1.29, 1.82) is 0 Å². The average molecular weight is 577 g/mol. The first-order valence-electron chi connectivity index (χ1n) is 14.0. The molecule has 2 aromatic carbocycles. The van der Waals surface area contributed by atoms with Gasteiger partial charge in [0, 0.05) is 54.1 Å². The number of hydrogen-bond acceptors (Lipinski definition) is 6. The van der Waals surface area contributed by atoms with Crippen molar-refractivity contribution in [2.24, 2.45) is 0 Å². The summed E-state index contributed by atoms with van der Waals surface area (Å²) in [4.78, 5) is 30.0. The second kappa shape index (κ2) is 9.70. The average Bonchev–Trinajstić information content (AvgIpc) is 3.53. The molecule has 0 bridgehead atoms. The minimum Gasteiger partial charge on any atom is -0.342 e. The van der Waals surface area contributed by atoms with Gasteiger partial charge in [-0.2, -0.15) is 5.10 Å². The van der Waals surface area contributed by atoms with Crippen LogP contribution in [0.25, 0.3) is 10.8 Å². The summed E-state index contributed by atoms with van der Waals surface area (Å²) in [6.45, 7) is 10.0. The molecule has 1 N–H and O–H groups in total. The fraction of sp³-hybridized carbons (Fsp3) is 0.433. The van der Waals surface area contributed by atoms with Gasteiger partial charge < -0.3 is 10.2 Å². The van der Waals surface area contributed by atoms with Crippen LogP contribution in [0.4, 0.5) is 17.1 Å². The molecule has 216 valence electrons. The molecule has 2 saturated heterocycles. The van der Waals surface area contributed by atoms with Gasteiger partial charge in [-0.25, -0.2) is 12.7 Å². The maximum absolute atomic E-state index is 13.5. The highest BCUT2D eigenvalue weighted by Crippen LogP contribution is 2.44. The van der Waals surface area contributed by atoms with E-state index in [0.717, 1.165) is 27.8 Å². The van der Waals surface area contributed by atoms with E-state index in [0.29, 0.717) is 50.0 Å². The van der Waals surface area contributed by atoms with Crippen molar-refractivity contribution in [3.8, 4) is 0 Å². The molecule has 6 rings (SSSR count). The van der Waals surface area contributed by atoms with E-state index in [4.69, 9.17) is 0 Å². The van der Waals surface area contributed by atoms with Crippen molar-refractivity contribution in [1.82, 2.24) is 19.4 Å². The molecule has 0 radical (unpaired) electrons. The zero-order valence-electron chi connectivity index (χ0n) is 23.9. The van der Waals surface area contributed by atoms with Crippen LogP contribution in [0.3, 0.4) is 0 Å². The number of amides is 2. The van der Waals surface area contributed by atoms with Crippen LogP contribution in [0.15, 0.2) is 55.0 Å². The normalized spacial score (nSPS) is 20.6. The van der Waals surface area contributed by atoms with Gasteiger partial charge in [-0.15, -0.1) is 0 Å². The number of aromatic nitrogens is 2.